The molecule has 1 N–H and O–H groups in total. The number of carbonyl (C=O) groups is 2. The zero-order chi connectivity index (χ0) is 20.2. The maximum absolute atomic E-state index is 12.5. The summed E-state index contributed by atoms with van der Waals surface area (Å²) in [5.74, 6) is 1.15. The van der Waals surface area contributed by atoms with Gasteiger partial charge in [0.2, 0.25) is 5.91 Å². The fourth-order valence-corrected chi connectivity index (χ4v) is 4.49. The Labute approximate surface area is 174 Å². The molecule has 148 valence electrons. The summed E-state index contributed by atoms with van der Waals surface area (Å²) in [4.78, 5) is 26.7. The van der Waals surface area contributed by atoms with Crippen LogP contribution in [-0.4, -0.2) is 22.5 Å². The van der Waals surface area contributed by atoms with E-state index in [1.54, 1.807) is 30.2 Å². The van der Waals surface area contributed by atoms with Gasteiger partial charge in [0, 0.05) is 11.3 Å². The van der Waals surface area contributed by atoms with Gasteiger partial charge in [0.25, 0.3) is 5.91 Å². The largest absolute Gasteiger partial charge is 0.467 e. The summed E-state index contributed by atoms with van der Waals surface area (Å²) in [6.07, 6.45) is 2.58. The monoisotopic (exact) mass is 406 g/mol. The van der Waals surface area contributed by atoms with E-state index in [2.05, 4.69) is 12.2 Å². The highest BCUT2D eigenvalue weighted by molar-refractivity contribution is 8.00. The molecule has 1 saturated heterocycles. The first-order valence-electron chi connectivity index (χ1n) is 9.58. The molecule has 0 saturated carbocycles. The third kappa shape index (κ3) is 4.38. The first kappa shape index (κ1) is 19.3. The van der Waals surface area contributed by atoms with Crippen molar-refractivity contribution in [2.75, 3.05) is 11.1 Å². The van der Waals surface area contributed by atoms with Crippen molar-refractivity contribution < 1.29 is 14.0 Å². The topological polar surface area (TPSA) is 62.6 Å². The average molecular weight is 407 g/mol. The van der Waals surface area contributed by atoms with E-state index in [-0.39, 0.29) is 17.2 Å². The Hall–Kier alpha value is -2.99. The maximum atomic E-state index is 12.5. The van der Waals surface area contributed by atoms with Crippen LogP contribution in [0.3, 0.4) is 0 Å². The Balaban J connectivity index is 1.45. The second-order valence-corrected chi connectivity index (χ2v) is 7.96. The third-order valence-electron chi connectivity index (χ3n) is 4.95. The van der Waals surface area contributed by atoms with Gasteiger partial charge in [0.05, 0.1) is 18.6 Å². The summed E-state index contributed by atoms with van der Waals surface area (Å²) in [6.45, 7) is 2.54. The molecule has 4 rings (SSSR count). The van der Waals surface area contributed by atoms with Crippen LogP contribution in [0.15, 0.2) is 71.3 Å². The van der Waals surface area contributed by atoms with Crippen LogP contribution >= 0.6 is 11.8 Å². The van der Waals surface area contributed by atoms with Gasteiger partial charge < -0.3 is 14.6 Å². The second kappa shape index (κ2) is 8.57. The number of anilines is 1. The average Bonchev–Trinajstić information content (AvgIpc) is 3.39. The molecule has 1 aliphatic rings. The number of nitrogens with one attached hydrogen (secondary N) is 1. The number of amides is 2. The second-order valence-electron chi connectivity index (χ2n) is 6.89. The molecule has 5 nitrogen and oxygen atoms in total. The van der Waals surface area contributed by atoms with Gasteiger partial charge in [-0.2, -0.15) is 0 Å². The lowest BCUT2D eigenvalue weighted by atomic mass is 10.1. The van der Waals surface area contributed by atoms with Gasteiger partial charge in [-0.3, -0.25) is 9.59 Å². The van der Waals surface area contributed by atoms with Crippen LogP contribution in [0.25, 0.3) is 0 Å². The van der Waals surface area contributed by atoms with E-state index in [1.807, 2.05) is 53.4 Å². The number of nitrogens with zero attached hydrogens (tertiary/aromatic N) is 1. The van der Waals surface area contributed by atoms with Crippen LogP contribution in [-0.2, 0) is 17.8 Å². The quantitative estimate of drug-likeness (QED) is 0.634. The van der Waals surface area contributed by atoms with Gasteiger partial charge in [-0.15, -0.1) is 11.8 Å². The van der Waals surface area contributed by atoms with Crippen LogP contribution in [0, 0.1) is 0 Å². The van der Waals surface area contributed by atoms with Crippen LogP contribution in [0.2, 0.25) is 0 Å². The minimum Gasteiger partial charge on any atom is -0.467 e. The highest BCUT2D eigenvalue weighted by Crippen LogP contribution is 2.39. The van der Waals surface area contributed by atoms with E-state index < -0.39 is 0 Å². The smallest absolute Gasteiger partial charge is 0.255 e. The van der Waals surface area contributed by atoms with Crippen LogP contribution < -0.4 is 5.32 Å². The molecule has 2 aromatic carbocycles. The van der Waals surface area contributed by atoms with Gasteiger partial charge >= 0.3 is 0 Å². The number of benzene rings is 2. The molecule has 1 atom stereocenters. The normalized spacial score (nSPS) is 16.2. The van der Waals surface area contributed by atoms with Crippen molar-refractivity contribution in [3.05, 3.63) is 89.4 Å². The summed E-state index contributed by atoms with van der Waals surface area (Å²) >= 11 is 1.59. The molecule has 2 amide bonds. The molecule has 6 heteroatoms. The Bertz CT molecular complexity index is 982. The standard InChI is InChI=1S/C23H22N2O3S/c1-2-16-5-11-19(12-6-16)24-22(27)17-7-9-18(10-8-17)23-25(21(26)15-29-23)14-20-4-3-13-28-20/h3-13,23H,2,14-15H2,1H3,(H,24,27). The predicted molar refractivity (Wildman–Crippen MR) is 115 cm³/mol. The molecular formula is C23H22N2O3S. The molecule has 1 aromatic heterocycles. The Morgan fingerprint density at radius 2 is 1.90 bits per heavy atom. The van der Waals surface area contributed by atoms with Gasteiger partial charge in [-0.1, -0.05) is 31.2 Å². The molecule has 0 bridgehead atoms. The summed E-state index contributed by atoms with van der Waals surface area (Å²) in [6, 6.07) is 19.0. The molecule has 1 unspecified atom stereocenters. The maximum Gasteiger partial charge on any atom is 0.255 e. The van der Waals surface area contributed by atoms with Crippen molar-refractivity contribution in [1.82, 2.24) is 4.90 Å². The molecule has 29 heavy (non-hydrogen) atoms. The van der Waals surface area contributed by atoms with Crippen molar-refractivity contribution in [2.45, 2.75) is 25.3 Å². The van der Waals surface area contributed by atoms with Gasteiger partial charge in [-0.25, -0.2) is 0 Å². The van der Waals surface area contributed by atoms with Gasteiger partial charge in [0.1, 0.15) is 11.1 Å². The number of hydrogen-bond donors (Lipinski definition) is 1. The fourth-order valence-electron chi connectivity index (χ4n) is 3.30. The van der Waals surface area contributed by atoms with E-state index in [0.29, 0.717) is 17.9 Å². The van der Waals surface area contributed by atoms with E-state index >= 15 is 0 Å². The van der Waals surface area contributed by atoms with Crippen LogP contribution in [0.1, 0.15) is 39.5 Å². The summed E-state index contributed by atoms with van der Waals surface area (Å²) < 4.78 is 5.39. The van der Waals surface area contributed by atoms with Crippen molar-refractivity contribution in [3.8, 4) is 0 Å². The molecular weight excluding hydrogens is 384 g/mol. The van der Waals surface area contributed by atoms with E-state index in [4.69, 9.17) is 4.42 Å². The first-order chi connectivity index (χ1) is 14.1. The summed E-state index contributed by atoms with van der Waals surface area (Å²) in [7, 11) is 0. The van der Waals surface area contributed by atoms with Crippen LogP contribution in [0.4, 0.5) is 5.69 Å². The minimum absolute atomic E-state index is 0.0775. The number of thioether (sulfide) groups is 1. The summed E-state index contributed by atoms with van der Waals surface area (Å²) in [5, 5.41) is 2.85. The Morgan fingerprint density at radius 1 is 1.14 bits per heavy atom. The lowest BCUT2D eigenvalue weighted by Gasteiger charge is -2.23. The van der Waals surface area contributed by atoms with Crippen molar-refractivity contribution in [2.24, 2.45) is 0 Å². The Kier molecular flexibility index (Phi) is 5.71. The third-order valence-corrected chi connectivity index (χ3v) is 6.21. The van der Waals surface area contributed by atoms with E-state index in [9.17, 15) is 9.59 Å². The molecule has 1 aliphatic heterocycles. The minimum atomic E-state index is -0.150. The lowest BCUT2D eigenvalue weighted by Crippen LogP contribution is -2.27. The van der Waals surface area contributed by atoms with Crippen LogP contribution in [0.5, 0.6) is 0 Å². The highest BCUT2D eigenvalue weighted by atomic mass is 32.2. The van der Waals surface area contributed by atoms with Gasteiger partial charge in [0.15, 0.2) is 0 Å². The number of furan rings is 1. The molecule has 3 aromatic rings. The predicted octanol–water partition coefficient (Wildman–Crippen LogP) is 4.87. The first-order valence-corrected chi connectivity index (χ1v) is 10.6. The number of hydrogen-bond acceptors (Lipinski definition) is 4. The molecule has 1 fully saturated rings. The Morgan fingerprint density at radius 3 is 2.55 bits per heavy atom. The zero-order valence-corrected chi connectivity index (χ0v) is 16.9. The van der Waals surface area contributed by atoms with Crippen molar-refractivity contribution in [1.29, 1.82) is 0 Å². The van der Waals surface area contributed by atoms with Crippen molar-refractivity contribution in [3.63, 3.8) is 0 Å². The molecule has 0 aliphatic carbocycles. The lowest BCUT2D eigenvalue weighted by molar-refractivity contribution is -0.128. The number of aryl methyl sites for hydroxylation is 1. The SMILES string of the molecule is CCc1ccc(NC(=O)c2ccc(C3SCC(=O)N3Cc3ccco3)cc2)cc1. The molecule has 0 spiro atoms. The van der Waals surface area contributed by atoms with Gasteiger partial charge in [-0.05, 0) is 53.9 Å². The van der Waals surface area contributed by atoms with E-state index in [0.717, 1.165) is 23.4 Å². The molecule has 0 radical (unpaired) electrons. The fraction of sp³-hybridized carbons (Fsp3) is 0.217. The van der Waals surface area contributed by atoms with E-state index in [1.165, 1.54) is 5.56 Å². The molecule has 2 heterocycles. The zero-order valence-electron chi connectivity index (χ0n) is 16.1. The highest BCUT2D eigenvalue weighted by Gasteiger charge is 2.33. The number of rotatable bonds is 6. The number of carbonyl (C=O) groups excluding carboxylic acids is 2. The summed E-state index contributed by atoms with van der Waals surface area (Å²) in [5.41, 5.74) is 3.59. The van der Waals surface area contributed by atoms with Crippen molar-refractivity contribution >= 4 is 29.3 Å².